The summed E-state index contributed by atoms with van der Waals surface area (Å²) in [6.45, 7) is 13.1. The molecule has 0 spiro atoms. The minimum atomic E-state index is -4.89. The molecule has 0 bridgehead atoms. The summed E-state index contributed by atoms with van der Waals surface area (Å²) in [4.78, 5) is 31.3. The largest absolute Gasteiger partial charge is 0.461 e. The molecule has 5 aromatic rings. The monoisotopic (exact) mass is 585 g/mol. The van der Waals surface area contributed by atoms with Crippen LogP contribution in [0.3, 0.4) is 0 Å². The Morgan fingerprint density at radius 2 is 1.70 bits per heavy atom. The molecular formula is C33H26F3N3O4. The van der Waals surface area contributed by atoms with Gasteiger partial charge in [-0.25, -0.2) is 9.64 Å². The maximum absolute atomic E-state index is 13.9. The number of fused-ring (bicyclic) bond motifs is 1. The Kier molecular flexibility index (Phi) is 7.83. The van der Waals surface area contributed by atoms with Crippen LogP contribution < -0.4 is 10.3 Å². The van der Waals surface area contributed by atoms with Crippen molar-refractivity contribution in [1.29, 1.82) is 0 Å². The van der Waals surface area contributed by atoms with Gasteiger partial charge in [0.2, 0.25) is 0 Å². The van der Waals surface area contributed by atoms with Crippen LogP contribution in [-0.2, 0) is 17.5 Å². The molecule has 0 amide bonds. The number of hydrogen-bond acceptors (Lipinski definition) is 4. The molecule has 0 aliphatic carbocycles. The molecule has 0 saturated carbocycles. The van der Waals surface area contributed by atoms with Gasteiger partial charge in [0.25, 0.3) is 11.2 Å². The molecule has 10 heteroatoms. The van der Waals surface area contributed by atoms with E-state index in [1.807, 2.05) is 32.0 Å². The minimum absolute atomic E-state index is 0.0103. The zero-order valence-corrected chi connectivity index (χ0v) is 23.5. The minimum Gasteiger partial charge on any atom is -0.461 e. The molecule has 0 fully saturated rings. The lowest BCUT2D eigenvalue weighted by Crippen LogP contribution is -2.25. The topological polar surface area (TPSA) is 77.7 Å². The zero-order chi connectivity index (χ0) is 30.9. The number of H-pyrrole nitrogens is 1. The third kappa shape index (κ3) is 6.02. The van der Waals surface area contributed by atoms with Gasteiger partial charge in [-0.05, 0) is 92.1 Å². The van der Waals surface area contributed by atoms with E-state index in [0.717, 1.165) is 33.7 Å². The smallest absolute Gasteiger partial charge is 0.407 e. The van der Waals surface area contributed by atoms with Crippen LogP contribution in [0.25, 0.3) is 27.0 Å². The third-order valence-electron chi connectivity index (χ3n) is 6.99. The average Bonchev–Trinajstić information content (AvgIpc) is 3.39. The number of pyridine rings is 1. The maximum atomic E-state index is 13.9. The quantitative estimate of drug-likeness (QED) is 0.154. The Balaban J connectivity index is 1.51. The predicted octanol–water partition coefficient (Wildman–Crippen LogP) is 8.20. The van der Waals surface area contributed by atoms with Crippen LogP contribution >= 0.6 is 0 Å². The van der Waals surface area contributed by atoms with Crippen molar-refractivity contribution in [3.8, 4) is 22.8 Å². The second-order valence-electron chi connectivity index (χ2n) is 10.0. The van der Waals surface area contributed by atoms with Gasteiger partial charge in [0, 0.05) is 16.6 Å². The lowest BCUT2D eigenvalue weighted by molar-refractivity contribution is -0.136. The van der Waals surface area contributed by atoms with Gasteiger partial charge in [0.15, 0.2) is 0 Å². The van der Waals surface area contributed by atoms with E-state index in [1.165, 1.54) is 4.57 Å². The molecule has 0 atom stereocenters. The van der Waals surface area contributed by atoms with E-state index < -0.39 is 29.0 Å². The van der Waals surface area contributed by atoms with Gasteiger partial charge in [0.1, 0.15) is 17.2 Å². The van der Waals surface area contributed by atoms with Gasteiger partial charge in [-0.1, -0.05) is 23.8 Å². The summed E-state index contributed by atoms with van der Waals surface area (Å²) < 4.78 is 54.0. The molecule has 0 unspecified atom stereocenters. The van der Waals surface area contributed by atoms with E-state index in [0.29, 0.717) is 22.8 Å². The van der Waals surface area contributed by atoms with Gasteiger partial charge in [-0.2, -0.15) is 13.2 Å². The lowest BCUT2D eigenvalue weighted by atomic mass is 10.0. The number of aromatic nitrogens is 2. The summed E-state index contributed by atoms with van der Waals surface area (Å²) in [5.41, 5.74) is 0.775. The fourth-order valence-electron chi connectivity index (χ4n) is 4.87. The van der Waals surface area contributed by atoms with Crippen molar-refractivity contribution in [2.24, 2.45) is 0 Å². The Morgan fingerprint density at radius 1 is 0.977 bits per heavy atom. The maximum Gasteiger partial charge on any atom is 0.407 e. The molecule has 43 heavy (non-hydrogen) atoms. The molecule has 3 aromatic carbocycles. The first kappa shape index (κ1) is 29.2. The van der Waals surface area contributed by atoms with E-state index in [9.17, 15) is 22.8 Å². The summed E-state index contributed by atoms with van der Waals surface area (Å²) >= 11 is 0. The standard InChI is InChI=1S/C33H26F3N3O4/c1-5-42-32(41)28-16-23-15-25(12-13-27(23)38-28)43-24-10-8-21(9-11-24)29-17-26(33(34,35)36)30(37-4)31(40)39(29)18-22-7-6-19(2)14-20(22)3/h6-17,38H,5,18H2,1-3H3. The van der Waals surface area contributed by atoms with Crippen LogP contribution in [-0.4, -0.2) is 22.1 Å². The number of benzene rings is 3. The second-order valence-corrected chi connectivity index (χ2v) is 10.0. The van der Waals surface area contributed by atoms with Crippen molar-refractivity contribution in [2.45, 2.75) is 33.5 Å². The van der Waals surface area contributed by atoms with E-state index in [2.05, 4.69) is 9.83 Å². The summed E-state index contributed by atoms with van der Waals surface area (Å²) in [6, 6.07) is 19.6. The fourth-order valence-corrected chi connectivity index (χ4v) is 4.87. The number of ether oxygens (including phenoxy) is 2. The van der Waals surface area contributed by atoms with Crippen molar-refractivity contribution in [1.82, 2.24) is 9.55 Å². The van der Waals surface area contributed by atoms with Gasteiger partial charge in [0.05, 0.1) is 25.3 Å². The Labute approximate surface area is 244 Å². The molecule has 7 nitrogen and oxygen atoms in total. The Bertz CT molecular complexity index is 1950. The van der Waals surface area contributed by atoms with Gasteiger partial charge in [-0.3, -0.25) is 4.79 Å². The molecule has 0 radical (unpaired) electrons. The second kappa shape index (κ2) is 11.5. The number of nitrogens with one attached hydrogen (secondary N) is 1. The first-order chi connectivity index (χ1) is 20.5. The van der Waals surface area contributed by atoms with Crippen LogP contribution in [0.15, 0.2) is 77.6 Å². The molecule has 0 aliphatic heterocycles. The molecule has 5 rings (SSSR count). The van der Waals surface area contributed by atoms with Crippen molar-refractivity contribution in [3.05, 3.63) is 123 Å². The lowest BCUT2D eigenvalue weighted by Gasteiger charge is -2.19. The van der Waals surface area contributed by atoms with Crippen molar-refractivity contribution in [2.75, 3.05) is 6.61 Å². The van der Waals surface area contributed by atoms with Crippen molar-refractivity contribution < 1.29 is 27.4 Å². The molecule has 2 heterocycles. The number of nitrogens with zero attached hydrogens (tertiary/aromatic N) is 2. The van der Waals surface area contributed by atoms with Crippen LogP contribution in [0, 0.1) is 20.4 Å². The summed E-state index contributed by atoms with van der Waals surface area (Å²) in [5, 5.41) is 0.729. The molecule has 218 valence electrons. The van der Waals surface area contributed by atoms with E-state index in [1.54, 1.807) is 55.5 Å². The number of aromatic amines is 1. The fraction of sp³-hybridized carbons (Fsp3) is 0.182. The number of rotatable bonds is 7. The number of alkyl halides is 3. The van der Waals surface area contributed by atoms with Crippen LogP contribution in [0.5, 0.6) is 11.5 Å². The third-order valence-corrected chi connectivity index (χ3v) is 6.99. The number of halogens is 3. The van der Waals surface area contributed by atoms with Gasteiger partial charge >= 0.3 is 12.1 Å². The summed E-state index contributed by atoms with van der Waals surface area (Å²) in [5.74, 6) is 0.411. The molecular weight excluding hydrogens is 559 g/mol. The molecule has 0 saturated heterocycles. The first-order valence-corrected chi connectivity index (χ1v) is 13.3. The number of esters is 1. The normalized spacial score (nSPS) is 11.4. The van der Waals surface area contributed by atoms with Crippen LogP contribution in [0.2, 0.25) is 0 Å². The zero-order valence-electron chi connectivity index (χ0n) is 23.5. The van der Waals surface area contributed by atoms with Gasteiger partial charge in [-0.15, -0.1) is 0 Å². The molecule has 2 aromatic heterocycles. The van der Waals surface area contributed by atoms with Crippen LogP contribution in [0.1, 0.15) is 39.7 Å². The van der Waals surface area contributed by atoms with Crippen LogP contribution in [0.4, 0.5) is 18.9 Å². The number of aryl methyl sites for hydroxylation is 2. The number of carbonyl (C=O) groups is 1. The molecule has 0 aliphatic rings. The van der Waals surface area contributed by atoms with Crippen molar-refractivity contribution >= 4 is 22.6 Å². The highest BCUT2D eigenvalue weighted by atomic mass is 19.4. The highest BCUT2D eigenvalue weighted by Gasteiger charge is 2.36. The highest BCUT2D eigenvalue weighted by molar-refractivity contribution is 5.95. The summed E-state index contributed by atoms with van der Waals surface area (Å²) in [7, 11) is 0. The first-order valence-electron chi connectivity index (χ1n) is 13.3. The predicted molar refractivity (Wildman–Crippen MR) is 157 cm³/mol. The molecule has 1 N–H and O–H groups in total. The Hall–Kier alpha value is -5.30. The highest BCUT2D eigenvalue weighted by Crippen LogP contribution is 2.38. The number of hydrogen-bond donors (Lipinski definition) is 1. The average molecular weight is 586 g/mol. The van der Waals surface area contributed by atoms with E-state index >= 15 is 0 Å². The van der Waals surface area contributed by atoms with E-state index in [4.69, 9.17) is 16.0 Å². The number of carbonyl (C=O) groups excluding carboxylic acids is 1. The van der Waals surface area contributed by atoms with Gasteiger partial charge < -0.3 is 19.0 Å². The SMILES string of the molecule is [C-]#[N+]c1c(C(F)(F)F)cc(-c2ccc(Oc3ccc4[nH]c(C(=O)OCC)cc4c3)cc2)n(Cc2ccc(C)cc2C)c1=O. The van der Waals surface area contributed by atoms with Crippen molar-refractivity contribution in [3.63, 3.8) is 0 Å². The van der Waals surface area contributed by atoms with E-state index in [-0.39, 0.29) is 18.8 Å². The summed E-state index contributed by atoms with van der Waals surface area (Å²) in [6.07, 6.45) is -4.89. The Morgan fingerprint density at radius 3 is 2.35 bits per heavy atom.